The van der Waals surface area contributed by atoms with Gasteiger partial charge in [-0.2, -0.15) is 0 Å². The van der Waals surface area contributed by atoms with E-state index in [2.05, 4.69) is 36.2 Å². The second-order valence-corrected chi connectivity index (χ2v) is 13.0. The summed E-state index contributed by atoms with van der Waals surface area (Å²) in [6.07, 6.45) is 4.11. The highest BCUT2D eigenvalue weighted by molar-refractivity contribution is 5.93. The standard InChI is InChI=1S/C44H32N6O3/c1-49-41(30-17-20-39(44(53)24-30)48-46-37-15-7-11-29-9-3-5-13-33(29)37)26-42-34(35-25-31(51)18-21-40(35)50(42)49)22-27-16-19-38(43(52)23-27)47-45-36-14-6-10-28-8-2-4-12-32(28)36/h2-26,41,51-53H,1H3/b34-22-,47-45+,48-46+. The molecule has 0 spiro atoms. The first kappa shape index (κ1) is 31.7. The Labute approximate surface area is 303 Å². The number of aromatic nitrogens is 1. The third-order valence-corrected chi connectivity index (χ3v) is 9.75. The molecule has 0 radical (unpaired) electrons. The highest BCUT2D eigenvalue weighted by Crippen LogP contribution is 2.36. The monoisotopic (exact) mass is 692 g/mol. The average Bonchev–Trinajstić information content (AvgIpc) is 3.67. The highest BCUT2D eigenvalue weighted by Gasteiger charge is 2.26. The molecule has 1 aromatic heterocycles. The number of azo groups is 2. The quantitative estimate of drug-likeness (QED) is 0.150. The lowest BCUT2D eigenvalue weighted by atomic mass is 10.0. The van der Waals surface area contributed by atoms with E-state index in [0.717, 1.165) is 65.5 Å². The van der Waals surface area contributed by atoms with E-state index in [1.165, 1.54) is 0 Å². The number of aromatic hydroxyl groups is 3. The molecule has 7 aromatic carbocycles. The van der Waals surface area contributed by atoms with Crippen molar-refractivity contribution in [3.63, 3.8) is 0 Å². The molecule has 1 unspecified atom stereocenters. The first-order chi connectivity index (χ1) is 25.9. The molecule has 9 heteroatoms. The molecule has 3 N–H and O–H groups in total. The van der Waals surface area contributed by atoms with E-state index in [1.54, 1.807) is 36.4 Å². The minimum atomic E-state index is -0.212. The smallest absolute Gasteiger partial charge is 0.143 e. The maximum Gasteiger partial charge on any atom is 0.143 e. The van der Waals surface area contributed by atoms with Crippen LogP contribution in [0.5, 0.6) is 17.2 Å². The van der Waals surface area contributed by atoms with Crippen LogP contribution in [0, 0.1) is 0 Å². The van der Waals surface area contributed by atoms with Crippen LogP contribution in [0.4, 0.5) is 22.7 Å². The molecule has 0 saturated carbocycles. The number of rotatable bonds is 6. The first-order valence-corrected chi connectivity index (χ1v) is 17.2. The third kappa shape index (κ3) is 5.70. The highest BCUT2D eigenvalue weighted by atomic mass is 16.3. The van der Waals surface area contributed by atoms with Gasteiger partial charge in [-0.05, 0) is 88.6 Å². The van der Waals surface area contributed by atoms with Gasteiger partial charge in [0.1, 0.15) is 28.6 Å². The Hall–Kier alpha value is -7.26. The van der Waals surface area contributed by atoms with Gasteiger partial charge in [0.05, 0.1) is 28.3 Å². The van der Waals surface area contributed by atoms with Gasteiger partial charge in [-0.25, -0.2) is 0 Å². The van der Waals surface area contributed by atoms with Crippen LogP contribution in [0.3, 0.4) is 0 Å². The summed E-state index contributed by atoms with van der Waals surface area (Å²) in [5, 5.41) is 59.1. The topological polar surface area (TPSA) is 118 Å². The number of hydrogen-bond acceptors (Lipinski definition) is 8. The molecule has 0 bridgehead atoms. The number of phenolic OH excluding ortho intramolecular Hbond substituents is 3. The number of hydrogen-bond donors (Lipinski definition) is 3. The van der Waals surface area contributed by atoms with Crippen molar-refractivity contribution in [2.24, 2.45) is 20.5 Å². The zero-order chi connectivity index (χ0) is 36.1. The predicted octanol–water partition coefficient (Wildman–Crippen LogP) is 9.83. The van der Waals surface area contributed by atoms with E-state index in [-0.39, 0.29) is 23.3 Å². The van der Waals surface area contributed by atoms with Crippen LogP contribution in [0.25, 0.3) is 44.6 Å². The molecule has 2 heterocycles. The third-order valence-electron chi connectivity index (χ3n) is 9.75. The van der Waals surface area contributed by atoms with E-state index < -0.39 is 0 Å². The van der Waals surface area contributed by atoms with Gasteiger partial charge in [0.15, 0.2) is 0 Å². The molecule has 1 aliphatic heterocycles. The Balaban J connectivity index is 1.06. The Morgan fingerprint density at radius 1 is 0.547 bits per heavy atom. The number of nitrogens with zero attached hydrogens (tertiary/aromatic N) is 6. The van der Waals surface area contributed by atoms with Crippen molar-refractivity contribution in [3.05, 3.63) is 161 Å². The summed E-state index contributed by atoms with van der Waals surface area (Å²) in [5.41, 5.74) is 4.70. The van der Waals surface area contributed by atoms with Crippen molar-refractivity contribution in [2.75, 3.05) is 12.1 Å². The lowest BCUT2D eigenvalue weighted by Crippen LogP contribution is -2.35. The van der Waals surface area contributed by atoms with Crippen molar-refractivity contribution < 1.29 is 15.3 Å². The number of fused-ring (bicyclic) bond motifs is 5. The van der Waals surface area contributed by atoms with Crippen molar-refractivity contribution in [3.8, 4) is 17.2 Å². The van der Waals surface area contributed by atoms with E-state index in [4.69, 9.17) is 0 Å². The molecule has 0 amide bonds. The van der Waals surface area contributed by atoms with E-state index >= 15 is 0 Å². The van der Waals surface area contributed by atoms with Crippen LogP contribution in [0.1, 0.15) is 17.2 Å². The molecule has 256 valence electrons. The van der Waals surface area contributed by atoms with Crippen LogP contribution in [0.2, 0.25) is 0 Å². The fourth-order valence-corrected chi connectivity index (χ4v) is 7.15. The van der Waals surface area contributed by atoms with Crippen molar-refractivity contribution in [1.82, 2.24) is 4.68 Å². The summed E-state index contributed by atoms with van der Waals surface area (Å²) in [6, 6.07) is 43.5. The van der Waals surface area contributed by atoms with Crippen LogP contribution >= 0.6 is 0 Å². The number of benzene rings is 7. The van der Waals surface area contributed by atoms with Crippen LogP contribution in [-0.2, 0) is 0 Å². The lowest BCUT2D eigenvalue weighted by Gasteiger charge is -2.25. The second kappa shape index (κ2) is 12.8. The molecule has 8 aromatic rings. The summed E-state index contributed by atoms with van der Waals surface area (Å²) < 4.78 is 2.10. The van der Waals surface area contributed by atoms with Gasteiger partial charge >= 0.3 is 0 Å². The van der Waals surface area contributed by atoms with Gasteiger partial charge in [-0.15, -0.1) is 20.5 Å². The molecule has 1 aliphatic rings. The second-order valence-electron chi connectivity index (χ2n) is 13.0. The van der Waals surface area contributed by atoms with Gasteiger partial charge in [0, 0.05) is 28.4 Å². The first-order valence-electron chi connectivity index (χ1n) is 17.2. The maximum absolute atomic E-state index is 11.1. The summed E-state index contributed by atoms with van der Waals surface area (Å²) in [6.45, 7) is 0. The Bertz CT molecular complexity index is 2920. The summed E-state index contributed by atoms with van der Waals surface area (Å²) in [4.78, 5) is 0. The predicted molar refractivity (Wildman–Crippen MR) is 210 cm³/mol. The average molecular weight is 693 g/mol. The van der Waals surface area contributed by atoms with Gasteiger partial charge < -0.3 is 20.3 Å². The Kier molecular flexibility index (Phi) is 7.66. The van der Waals surface area contributed by atoms with E-state index in [0.29, 0.717) is 11.4 Å². The SMILES string of the molecule is CN1C(c2ccc(/N=N/c3cccc4ccccc34)c(O)c2)C=c2/c(=C\c3ccc(/N=N/c4cccc5ccccc45)c(O)c3)c3cc(O)ccc3n21. The van der Waals surface area contributed by atoms with Crippen LogP contribution in [-0.4, -0.2) is 27.0 Å². The summed E-state index contributed by atoms with van der Waals surface area (Å²) in [5.74, 6) is 0.179. The molecule has 0 fully saturated rings. The normalized spacial score (nSPS) is 14.6. The maximum atomic E-state index is 11.1. The molecule has 53 heavy (non-hydrogen) atoms. The molecule has 9 nitrogen and oxygen atoms in total. The van der Waals surface area contributed by atoms with Crippen molar-refractivity contribution in [1.29, 1.82) is 0 Å². The zero-order valence-electron chi connectivity index (χ0n) is 28.5. The van der Waals surface area contributed by atoms with Crippen molar-refractivity contribution in [2.45, 2.75) is 6.04 Å². The minimum Gasteiger partial charge on any atom is -0.508 e. The molecule has 9 rings (SSSR count). The van der Waals surface area contributed by atoms with Crippen LogP contribution in [0.15, 0.2) is 160 Å². The number of phenols is 3. The molecule has 1 atom stereocenters. The van der Waals surface area contributed by atoms with E-state index in [1.807, 2.05) is 116 Å². The Morgan fingerprint density at radius 3 is 1.77 bits per heavy atom. The summed E-state index contributed by atoms with van der Waals surface area (Å²) >= 11 is 0. The van der Waals surface area contributed by atoms with E-state index in [9.17, 15) is 15.3 Å². The molecule has 0 saturated heterocycles. The van der Waals surface area contributed by atoms with Gasteiger partial charge in [0.25, 0.3) is 0 Å². The van der Waals surface area contributed by atoms with Gasteiger partial charge in [-0.3, -0.25) is 4.68 Å². The fourth-order valence-electron chi connectivity index (χ4n) is 7.15. The van der Waals surface area contributed by atoms with Gasteiger partial charge in [0.2, 0.25) is 0 Å². The minimum absolute atomic E-state index is 0.00196. The fraction of sp³-hybridized carbons (Fsp3) is 0.0455. The molecule has 0 aliphatic carbocycles. The van der Waals surface area contributed by atoms with Crippen molar-refractivity contribution >= 4 is 67.3 Å². The molecular weight excluding hydrogens is 661 g/mol. The largest absolute Gasteiger partial charge is 0.508 e. The lowest BCUT2D eigenvalue weighted by molar-refractivity contribution is 0.474. The summed E-state index contributed by atoms with van der Waals surface area (Å²) in [7, 11) is 1.99. The zero-order valence-corrected chi connectivity index (χ0v) is 28.5. The molecular formula is C44H32N6O3. The van der Waals surface area contributed by atoms with Gasteiger partial charge in [-0.1, -0.05) is 84.9 Å². The van der Waals surface area contributed by atoms with Crippen LogP contribution < -0.4 is 15.6 Å². The Morgan fingerprint density at radius 2 is 1.13 bits per heavy atom.